The number of hydrogen-bond donors (Lipinski definition) is 1. The van der Waals surface area contributed by atoms with E-state index in [9.17, 15) is 9.59 Å². The number of benzene rings is 2. The lowest BCUT2D eigenvalue weighted by Gasteiger charge is -2.21. The Hall–Kier alpha value is -4.32. The van der Waals surface area contributed by atoms with Gasteiger partial charge >= 0.3 is 12.1 Å². The fourth-order valence-corrected chi connectivity index (χ4v) is 3.29. The first kappa shape index (κ1) is 20.0. The predicted molar refractivity (Wildman–Crippen MR) is 112 cm³/mol. The lowest BCUT2D eigenvalue weighted by atomic mass is 10.2. The maximum absolute atomic E-state index is 12.8. The maximum atomic E-state index is 12.8. The summed E-state index contributed by atoms with van der Waals surface area (Å²) in [7, 11) is 1.59. The van der Waals surface area contributed by atoms with Crippen LogP contribution in [0, 0.1) is 11.3 Å². The number of ether oxygens (including phenoxy) is 2. The predicted octanol–water partition coefficient (Wildman–Crippen LogP) is 2.67. The summed E-state index contributed by atoms with van der Waals surface area (Å²) in [5.41, 5.74) is 2.06. The Labute approximate surface area is 178 Å². The van der Waals surface area contributed by atoms with Gasteiger partial charge in [0, 0.05) is 25.3 Å². The molecule has 2 heterocycles. The molecule has 2 aliphatic rings. The first-order chi connectivity index (χ1) is 15.1. The van der Waals surface area contributed by atoms with E-state index >= 15 is 0 Å². The van der Waals surface area contributed by atoms with Gasteiger partial charge in [0.1, 0.15) is 17.7 Å². The zero-order valence-electron chi connectivity index (χ0n) is 16.7. The molecule has 0 spiro atoms. The van der Waals surface area contributed by atoms with Crippen LogP contribution in [0.3, 0.4) is 0 Å². The second kappa shape index (κ2) is 8.59. The van der Waals surface area contributed by atoms with E-state index in [1.54, 1.807) is 41.2 Å². The molecule has 156 valence electrons. The molecule has 0 fully saturated rings. The van der Waals surface area contributed by atoms with E-state index in [4.69, 9.17) is 14.7 Å². The number of hydrogen-bond acceptors (Lipinski definition) is 6. The zero-order chi connectivity index (χ0) is 21.8. The maximum Gasteiger partial charge on any atom is 0.348 e. The highest BCUT2D eigenvalue weighted by Crippen LogP contribution is 2.22. The van der Waals surface area contributed by atoms with Crippen LogP contribution in [0.15, 0.2) is 65.5 Å². The molecule has 0 atom stereocenters. The Morgan fingerprint density at radius 2 is 2.10 bits per heavy atom. The number of methoxy groups -OCH3 is 1. The number of carbonyl (C=O) groups excluding carboxylic acids is 2. The Kier molecular flexibility index (Phi) is 5.53. The van der Waals surface area contributed by atoms with E-state index < -0.39 is 11.9 Å². The van der Waals surface area contributed by atoms with Gasteiger partial charge in [-0.3, -0.25) is 9.69 Å². The third kappa shape index (κ3) is 4.33. The Bertz CT molecular complexity index is 1130. The van der Waals surface area contributed by atoms with Crippen molar-refractivity contribution in [3.63, 3.8) is 0 Å². The molecule has 4 rings (SSSR count). The molecule has 3 amide bonds. The number of aliphatic imine (C=N–C) groups is 1. The second-order valence-electron chi connectivity index (χ2n) is 6.87. The fraction of sp³-hybridized carbons (Fsp3) is 0.182. The van der Waals surface area contributed by atoms with E-state index in [1.165, 1.54) is 6.26 Å². The van der Waals surface area contributed by atoms with Gasteiger partial charge in [0.15, 0.2) is 0 Å². The molecule has 0 aromatic heterocycles. The molecule has 31 heavy (non-hydrogen) atoms. The number of carbonyl (C=O) groups is 2. The Morgan fingerprint density at radius 3 is 2.90 bits per heavy atom. The number of amidine groups is 1. The largest absolute Gasteiger partial charge is 0.497 e. The lowest BCUT2D eigenvalue weighted by Crippen LogP contribution is -2.36. The number of amides is 3. The van der Waals surface area contributed by atoms with Gasteiger partial charge in [-0.2, -0.15) is 5.26 Å². The molecule has 0 radical (unpaired) electrons. The highest BCUT2D eigenvalue weighted by atomic mass is 16.5. The van der Waals surface area contributed by atoms with Crippen molar-refractivity contribution in [2.75, 3.05) is 25.5 Å². The molecule has 9 heteroatoms. The van der Waals surface area contributed by atoms with E-state index in [1.807, 2.05) is 30.3 Å². The van der Waals surface area contributed by atoms with Crippen molar-refractivity contribution < 1.29 is 19.1 Å². The molecular formula is C22H19N5O4. The van der Waals surface area contributed by atoms with Gasteiger partial charge < -0.3 is 19.7 Å². The van der Waals surface area contributed by atoms with Crippen molar-refractivity contribution in [2.45, 2.75) is 6.54 Å². The molecular weight excluding hydrogens is 398 g/mol. The van der Waals surface area contributed by atoms with Gasteiger partial charge in [-0.15, -0.1) is 4.99 Å². The van der Waals surface area contributed by atoms with Crippen LogP contribution < -0.4 is 10.1 Å². The standard InChI is InChI=1S/C22H19N5O4/c1-30-18-7-3-5-16(11-18)13-26-8-9-27-19(14-31-22(27)25-21(26)29)20(28)24-17-6-2-4-15(10-17)12-23/h2-7,10-11,14H,8-9,13H2,1H3,(H,24,28). The first-order valence-corrected chi connectivity index (χ1v) is 9.54. The third-order valence-electron chi connectivity index (χ3n) is 4.84. The van der Waals surface area contributed by atoms with Crippen molar-refractivity contribution in [1.82, 2.24) is 9.80 Å². The van der Waals surface area contributed by atoms with Crippen LogP contribution in [0.2, 0.25) is 0 Å². The normalized spacial score (nSPS) is 15.2. The van der Waals surface area contributed by atoms with Crippen molar-refractivity contribution in [1.29, 1.82) is 5.26 Å². The van der Waals surface area contributed by atoms with Gasteiger partial charge in [-0.25, -0.2) is 4.79 Å². The van der Waals surface area contributed by atoms with Gasteiger partial charge in [-0.1, -0.05) is 18.2 Å². The van der Waals surface area contributed by atoms with Gasteiger partial charge in [0.25, 0.3) is 5.91 Å². The number of fused-ring (bicyclic) bond motifs is 1. The van der Waals surface area contributed by atoms with E-state index in [0.717, 1.165) is 5.56 Å². The molecule has 0 saturated heterocycles. The van der Waals surface area contributed by atoms with Crippen molar-refractivity contribution in [3.8, 4) is 11.8 Å². The first-order valence-electron chi connectivity index (χ1n) is 9.54. The van der Waals surface area contributed by atoms with Crippen LogP contribution in [0.1, 0.15) is 11.1 Å². The van der Waals surface area contributed by atoms with Crippen LogP contribution in [-0.2, 0) is 16.1 Å². The van der Waals surface area contributed by atoms with Gasteiger partial charge in [0.2, 0.25) is 0 Å². The molecule has 1 N–H and O–H groups in total. The number of rotatable bonds is 5. The van der Waals surface area contributed by atoms with Crippen molar-refractivity contribution in [2.24, 2.45) is 4.99 Å². The average molecular weight is 417 g/mol. The Morgan fingerprint density at radius 1 is 1.26 bits per heavy atom. The Balaban J connectivity index is 1.45. The number of anilines is 1. The number of nitrogens with one attached hydrogen (secondary N) is 1. The average Bonchev–Trinajstić information content (AvgIpc) is 3.12. The second-order valence-corrected chi connectivity index (χ2v) is 6.87. The summed E-state index contributed by atoms with van der Waals surface area (Å²) in [5, 5.41) is 11.8. The number of nitriles is 1. The molecule has 2 aromatic rings. The smallest absolute Gasteiger partial charge is 0.348 e. The minimum absolute atomic E-state index is 0.0640. The summed E-state index contributed by atoms with van der Waals surface area (Å²) in [6.07, 6.45) is 1.27. The summed E-state index contributed by atoms with van der Waals surface area (Å²) in [6.45, 7) is 1.04. The van der Waals surface area contributed by atoms with Gasteiger partial charge in [-0.05, 0) is 35.9 Å². The molecule has 0 aliphatic carbocycles. The minimum Gasteiger partial charge on any atom is -0.497 e. The lowest BCUT2D eigenvalue weighted by molar-refractivity contribution is -0.113. The van der Waals surface area contributed by atoms with Crippen molar-refractivity contribution in [3.05, 3.63) is 71.6 Å². The third-order valence-corrected chi connectivity index (χ3v) is 4.84. The van der Waals surface area contributed by atoms with Gasteiger partial charge in [0.05, 0.1) is 18.7 Å². The van der Waals surface area contributed by atoms with Crippen LogP contribution in [-0.4, -0.2) is 48.0 Å². The van der Waals surface area contributed by atoms with Crippen LogP contribution in [0.4, 0.5) is 10.5 Å². The van der Waals surface area contributed by atoms with E-state index in [0.29, 0.717) is 36.6 Å². The highest BCUT2D eigenvalue weighted by molar-refractivity contribution is 6.08. The minimum atomic E-state index is -0.447. The highest BCUT2D eigenvalue weighted by Gasteiger charge is 2.33. The molecule has 2 aliphatic heterocycles. The summed E-state index contributed by atoms with van der Waals surface area (Å²) in [5.74, 6) is 0.284. The number of urea groups is 1. The molecule has 9 nitrogen and oxygen atoms in total. The molecule has 0 saturated carbocycles. The summed E-state index contributed by atoms with van der Waals surface area (Å²) in [4.78, 5) is 32.5. The SMILES string of the molecule is COc1cccc(CN2CCN3C(C(=O)Nc4cccc(C#N)c4)=COC3=NC2=O)c1. The van der Waals surface area contributed by atoms with Crippen LogP contribution >= 0.6 is 0 Å². The molecule has 2 aromatic carbocycles. The summed E-state index contributed by atoms with van der Waals surface area (Å²) >= 11 is 0. The summed E-state index contributed by atoms with van der Waals surface area (Å²) in [6, 6.07) is 15.7. The van der Waals surface area contributed by atoms with Crippen molar-refractivity contribution >= 4 is 23.6 Å². The van der Waals surface area contributed by atoms with Crippen LogP contribution in [0.5, 0.6) is 5.75 Å². The summed E-state index contributed by atoms with van der Waals surface area (Å²) < 4.78 is 10.6. The zero-order valence-corrected chi connectivity index (χ0v) is 16.7. The van der Waals surface area contributed by atoms with E-state index in [-0.39, 0.29) is 11.7 Å². The number of nitrogens with zero attached hydrogens (tertiary/aromatic N) is 4. The topological polar surface area (TPSA) is 107 Å². The molecule has 0 unspecified atom stereocenters. The quantitative estimate of drug-likeness (QED) is 0.802. The molecule has 0 bridgehead atoms. The van der Waals surface area contributed by atoms with Crippen LogP contribution in [0.25, 0.3) is 0 Å². The fourth-order valence-electron chi connectivity index (χ4n) is 3.29. The van der Waals surface area contributed by atoms with E-state index in [2.05, 4.69) is 10.3 Å². The monoisotopic (exact) mass is 417 g/mol.